The summed E-state index contributed by atoms with van der Waals surface area (Å²) in [5, 5.41) is 15.5. The fourth-order valence-electron chi connectivity index (χ4n) is 7.52. The molecule has 2 aromatic heterocycles. The van der Waals surface area contributed by atoms with Crippen LogP contribution in [0.3, 0.4) is 0 Å². The molecule has 0 spiro atoms. The van der Waals surface area contributed by atoms with Gasteiger partial charge in [-0.05, 0) is 132 Å². The van der Waals surface area contributed by atoms with Crippen LogP contribution in [0.1, 0.15) is 87.3 Å². The number of rotatable bonds is 10. The summed E-state index contributed by atoms with van der Waals surface area (Å²) in [6, 6.07) is 17.8. The number of pyridine rings is 1. The van der Waals surface area contributed by atoms with Crippen LogP contribution in [0, 0.1) is 13.8 Å². The molecule has 3 N–H and O–H groups in total. The van der Waals surface area contributed by atoms with Crippen molar-refractivity contribution in [1.82, 2.24) is 20.2 Å². The maximum atomic E-state index is 14.0. The average Bonchev–Trinajstić information content (AvgIpc) is 3.72. The number of nitrogens with zero attached hydrogens (tertiary/aromatic N) is 2. The zero-order valence-corrected chi connectivity index (χ0v) is 27.7. The molecule has 2 bridgehead atoms. The lowest BCUT2D eigenvalue weighted by Crippen LogP contribution is -2.45. The van der Waals surface area contributed by atoms with Crippen molar-refractivity contribution in [2.24, 2.45) is 0 Å². The highest BCUT2D eigenvalue weighted by atomic mass is 16.3. The van der Waals surface area contributed by atoms with Crippen LogP contribution in [-0.4, -0.2) is 50.0 Å². The molecule has 2 aliphatic heterocycles. The molecule has 0 aliphatic carbocycles. The van der Waals surface area contributed by atoms with E-state index < -0.39 is 11.5 Å². The summed E-state index contributed by atoms with van der Waals surface area (Å²) in [5.41, 5.74) is 8.10. The van der Waals surface area contributed by atoms with Crippen LogP contribution in [0.25, 0.3) is 22.2 Å². The molecule has 1 unspecified atom stereocenters. The number of hydrogen-bond acceptors (Lipinski definition) is 4. The first kappa shape index (κ1) is 31.3. The van der Waals surface area contributed by atoms with Crippen LogP contribution in [0.5, 0.6) is 0 Å². The molecular weight excluding hydrogens is 556 g/mol. The van der Waals surface area contributed by atoms with Crippen LogP contribution in [-0.2, 0) is 16.6 Å². The molecule has 6 rings (SSSR count). The lowest BCUT2D eigenvalue weighted by molar-refractivity contribution is -0.137. The second kappa shape index (κ2) is 12.2. The molecule has 45 heavy (non-hydrogen) atoms. The zero-order chi connectivity index (χ0) is 31.9. The van der Waals surface area contributed by atoms with Crippen molar-refractivity contribution in [2.45, 2.75) is 103 Å². The normalized spacial score (nSPS) is 19.2. The van der Waals surface area contributed by atoms with Crippen LogP contribution < -0.4 is 5.32 Å². The highest BCUT2D eigenvalue weighted by Crippen LogP contribution is 2.42. The van der Waals surface area contributed by atoms with Gasteiger partial charge in [-0.15, -0.1) is 0 Å². The lowest BCUT2D eigenvalue weighted by Gasteiger charge is -2.33. The first-order chi connectivity index (χ1) is 21.4. The van der Waals surface area contributed by atoms with Gasteiger partial charge in [0.15, 0.2) is 0 Å². The number of aromatic nitrogens is 2. The summed E-state index contributed by atoms with van der Waals surface area (Å²) in [6.45, 7) is 13.5. The predicted molar refractivity (Wildman–Crippen MR) is 183 cm³/mol. The first-order valence-corrected chi connectivity index (χ1v) is 16.5. The van der Waals surface area contributed by atoms with Crippen molar-refractivity contribution in [3.05, 3.63) is 101 Å². The smallest absolute Gasteiger partial charge is 0.233 e. The van der Waals surface area contributed by atoms with Crippen molar-refractivity contribution >= 4 is 16.8 Å². The third kappa shape index (κ3) is 6.36. The Hall–Kier alpha value is -3.74. The molecule has 1 amide bonds. The van der Waals surface area contributed by atoms with E-state index in [9.17, 15) is 9.90 Å². The van der Waals surface area contributed by atoms with Crippen LogP contribution in [0.15, 0.2) is 73.1 Å². The summed E-state index contributed by atoms with van der Waals surface area (Å²) in [6.07, 6.45) is 12.0. The Bertz CT molecular complexity index is 1680. The highest BCUT2D eigenvalue weighted by Gasteiger charge is 2.47. The molecule has 4 heterocycles. The number of aromatic amines is 1. The molecular formula is C39H48N4O2. The third-order valence-corrected chi connectivity index (χ3v) is 10.1. The molecule has 236 valence electrons. The van der Waals surface area contributed by atoms with Gasteiger partial charge in [-0.2, -0.15) is 0 Å². The van der Waals surface area contributed by atoms with Crippen LogP contribution in [0.2, 0.25) is 0 Å². The van der Waals surface area contributed by atoms with E-state index in [1.807, 2.05) is 24.3 Å². The number of carbonyl (C=O) groups excluding carboxylic acids is 1. The molecule has 2 fully saturated rings. The SMILES string of the molecule is Cc1cc(C)cc(-c2[nH]c3ccc(C(C)(C)C(=O)N4C5CCC4CC5)cc3c2CCNC(C)(C)C=CC(O)c2ccncc2)c1. The third-order valence-electron chi connectivity index (χ3n) is 10.1. The second-order valence-corrected chi connectivity index (χ2v) is 14.4. The fraction of sp³-hybridized carbons (Fsp3) is 0.436. The van der Waals surface area contributed by atoms with Crippen molar-refractivity contribution in [3.63, 3.8) is 0 Å². The largest absolute Gasteiger partial charge is 0.384 e. The number of amides is 1. The summed E-state index contributed by atoms with van der Waals surface area (Å²) in [4.78, 5) is 24.0. The zero-order valence-electron chi connectivity index (χ0n) is 27.7. The minimum atomic E-state index is -0.681. The average molecular weight is 605 g/mol. The number of carbonyl (C=O) groups is 1. The van der Waals surface area contributed by atoms with Crippen molar-refractivity contribution in [2.75, 3.05) is 6.54 Å². The molecule has 2 saturated heterocycles. The van der Waals surface area contributed by atoms with Gasteiger partial charge in [0.05, 0.1) is 11.5 Å². The molecule has 0 saturated carbocycles. The fourth-order valence-corrected chi connectivity index (χ4v) is 7.52. The maximum absolute atomic E-state index is 14.0. The van der Waals surface area contributed by atoms with Crippen molar-refractivity contribution in [1.29, 1.82) is 0 Å². The topological polar surface area (TPSA) is 81.2 Å². The van der Waals surface area contributed by atoms with Gasteiger partial charge in [-0.3, -0.25) is 9.78 Å². The highest BCUT2D eigenvalue weighted by molar-refractivity contribution is 5.94. The minimum absolute atomic E-state index is 0.266. The summed E-state index contributed by atoms with van der Waals surface area (Å²) in [5.74, 6) is 0.266. The van der Waals surface area contributed by atoms with Gasteiger partial charge in [0.1, 0.15) is 0 Å². The number of aliphatic hydroxyl groups excluding tert-OH is 1. The van der Waals surface area contributed by atoms with Gasteiger partial charge in [0.2, 0.25) is 5.91 Å². The summed E-state index contributed by atoms with van der Waals surface area (Å²) in [7, 11) is 0. The van der Waals surface area contributed by atoms with Crippen molar-refractivity contribution < 1.29 is 9.90 Å². The van der Waals surface area contributed by atoms with Gasteiger partial charge >= 0.3 is 0 Å². The van der Waals surface area contributed by atoms with Gasteiger partial charge < -0.3 is 20.3 Å². The number of benzene rings is 2. The van der Waals surface area contributed by atoms with E-state index in [-0.39, 0.29) is 11.4 Å². The van der Waals surface area contributed by atoms with E-state index in [0.717, 1.165) is 61.0 Å². The monoisotopic (exact) mass is 604 g/mol. The quantitative estimate of drug-likeness (QED) is 0.164. The van der Waals surface area contributed by atoms with Gasteiger partial charge in [0, 0.05) is 53.2 Å². The number of fused-ring (bicyclic) bond motifs is 3. The predicted octanol–water partition coefficient (Wildman–Crippen LogP) is 7.48. The molecule has 6 nitrogen and oxygen atoms in total. The Labute approximate surface area is 268 Å². The molecule has 1 atom stereocenters. The molecule has 4 aromatic rings. The van der Waals surface area contributed by atoms with E-state index in [4.69, 9.17) is 0 Å². The molecule has 2 aliphatic rings. The Morgan fingerprint density at radius 3 is 2.29 bits per heavy atom. The molecule has 2 aromatic carbocycles. The van der Waals surface area contributed by atoms with E-state index in [1.165, 1.54) is 27.6 Å². The Kier molecular flexibility index (Phi) is 8.49. The van der Waals surface area contributed by atoms with Gasteiger partial charge in [0.25, 0.3) is 0 Å². The minimum Gasteiger partial charge on any atom is -0.384 e. The first-order valence-electron chi connectivity index (χ1n) is 16.5. The van der Waals surface area contributed by atoms with E-state index in [2.05, 4.69) is 98.1 Å². The maximum Gasteiger partial charge on any atom is 0.233 e. The van der Waals surface area contributed by atoms with E-state index in [0.29, 0.717) is 12.1 Å². The number of aryl methyl sites for hydroxylation is 2. The van der Waals surface area contributed by atoms with Crippen molar-refractivity contribution in [3.8, 4) is 11.3 Å². The summed E-state index contributed by atoms with van der Waals surface area (Å²) >= 11 is 0. The number of hydrogen-bond donors (Lipinski definition) is 3. The van der Waals surface area contributed by atoms with Gasteiger partial charge in [-0.25, -0.2) is 0 Å². The summed E-state index contributed by atoms with van der Waals surface area (Å²) < 4.78 is 0. The Balaban J connectivity index is 1.29. The van der Waals surface area contributed by atoms with Gasteiger partial charge in [-0.1, -0.05) is 35.4 Å². The number of H-pyrrole nitrogens is 1. The van der Waals surface area contributed by atoms with Crippen LogP contribution >= 0.6 is 0 Å². The standard InChI is InChI=1S/C39H48N4O2/c1-25-21-26(2)23-28(22-25)36-32(16-20-41-38(3,4)17-13-35(44)27-14-18-40-19-15-27)33-24-29(7-12-34(33)42-36)39(5,6)37(45)43-30-8-9-31(43)11-10-30/h7,12-15,17-19,21-24,30-31,35,41-42,44H,8-11,16,20H2,1-6H3. The molecule has 6 heteroatoms. The lowest BCUT2D eigenvalue weighted by atomic mass is 9.82. The number of aliphatic hydroxyl groups is 1. The number of nitrogens with one attached hydrogen (secondary N) is 2. The van der Waals surface area contributed by atoms with E-state index >= 15 is 0 Å². The van der Waals surface area contributed by atoms with E-state index in [1.54, 1.807) is 12.4 Å². The Morgan fingerprint density at radius 2 is 1.64 bits per heavy atom. The second-order valence-electron chi connectivity index (χ2n) is 14.4. The Morgan fingerprint density at radius 1 is 1.00 bits per heavy atom. The molecule has 0 radical (unpaired) electrons. The van der Waals surface area contributed by atoms with Crippen LogP contribution in [0.4, 0.5) is 0 Å².